The summed E-state index contributed by atoms with van der Waals surface area (Å²) in [5.41, 5.74) is -3.53. The molecule has 0 amide bonds. The zero-order chi connectivity index (χ0) is 24.9. The lowest BCUT2D eigenvalue weighted by atomic mass is 9.88. The number of benzene rings is 1. The van der Waals surface area contributed by atoms with E-state index in [0.29, 0.717) is 37.2 Å². The number of nitrogens with one attached hydrogen (secondary N) is 1. The Morgan fingerprint density at radius 3 is 2.38 bits per heavy atom. The Morgan fingerprint density at radius 1 is 1.15 bits per heavy atom. The van der Waals surface area contributed by atoms with Crippen LogP contribution < -0.4 is 5.32 Å². The molecule has 0 spiro atoms. The molecule has 1 N–H and O–H groups in total. The normalized spacial score (nSPS) is 27.2. The van der Waals surface area contributed by atoms with Gasteiger partial charge in [-0.15, -0.1) is 5.10 Å². The predicted molar refractivity (Wildman–Crippen MR) is 105 cm³/mol. The number of Topliss-reactive ketones (excluding diaryl/α,β-unsaturated/α-hetero) is 1. The number of hydrogen-bond donors (Lipinski definition) is 1. The quantitative estimate of drug-likeness (QED) is 0.618. The van der Waals surface area contributed by atoms with E-state index in [9.17, 15) is 31.1 Å². The highest BCUT2D eigenvalue weighted by Crippen LogP contribution is 2.45. The van der Waals surface area contributed by atoms with Gasteiger partial charge in [-0.25, -0.2) is 4.68 Å². The molecule has 1 aromatic carbocycles. The average Bonchev–Trinajstić information content (AvgIpc) is 3.27. The second-order valence-electron chi connectivity index (χ2n) is 9.17. The van der Waals surface area contributed by atoms with Gasteiger partial charge in [-0.1, -0.05) is 0 Å². The summed E-state index contributed by atoms with van der Waals surface area (Å²) in [6.45, 7) is 2.97. The molecule has 0 aliphatic carbocycles. The molecule has 2 aromatic rings. The van der Waals surface area contributed by atoms with Gasteiger partial charge in [0.05, 0.1) is 23.8 Å². The molecule has 3 heterocycles. The molecular formula is C21H23F6N5O2. The van der Waals surface area contributed by atoms with E-state index < -0.39 is 41.7 Å². The van der Waals surface area contributed by atoms with Crippen molar-refractivity contribution in [1.82, 2.24) is 25.5 Å². The van der Waals surface area contributed by atoms with Gasteiger partial charge in [-0.3, -0.25) is 4.79 Å². The largest absolute Gasteiger partial charge is 0.416 e. The lowest BCUT2D eigenvalue weighted by Crippen LogP contribution is -2.54. The Balaban J connectivity index is 1.51. The Morgan fingerprint density at radius 2 is 1.79 bits per heavy atom. The summed E-state index contributed by atoms with van der Waals surface area (Å²) >= 11 is 0. The maximum Gasteiger partial charge on any atom is 0.416 e. The molecule has 4 atom stereocenters. The number of hydrogen-bond acceptors (Lipinski definition) is 6. The molecule has 0 radical (unpaired) electrons. The summed E-state index contributed by atoms with van der Waals surface area (Å²) in [4.78, 5) is 11.5. The van der Waals surface area contributed by atoms with Gasteiger partial charge in [0, 0.05) is 17.5 Å². The summed E-state index contributed by atoms with van der Waals surface area (Å²) in [6, 6.07) is 1.48. The molecule has 13 heteroatoms. The van der Waals surface area contributed by atoms with Gasteiger partial charge in [0.25, 0.3) is 0 Å². The van der Waals surface area contributed by atoms with E-state index in [1.807, 2.05) is 6.92 Å². The lowest BCUT2D eigenvalue weighted by molar-refractivity contribution is -0.143. The number of carbonyl (C=O) groups is 1. The van der Waals surface area contributed by atoms with Crippen LogP contribution in [-0.4, -0.2) is 43.7 Å². The van der Waals surface area contributed by atoms with Crippen molar-refractivity contribution in [2.75, 3.05) is 0 Å². The van der Waals surface area contributed by atoms with Crippen LogP contribution >= 0.6 is 0 Å². The van der Waals surface area contributed by atoms with Crippen molar-refractivity contribution < 1.29 is 35.9 Å². The maximum absolute atomic E-state index is 13.1. The van der Waals surface area contributed by atoms with E-state index in [1.54, 1.807) is 0 Å². The second-order valence-corrected chi connectivity index (χ2v) is 9.17. The fraction of sp³-hybridized carbons (Fsp3) is 0.619. The molecular weight excluding hydrogens is 468 g/mol. The third-order valence-electron chi connectivity index (χ3n) is 6.46. The molecule has 186 valence electrons. The second kappa shape index (κ2) is 8.59. The van der Waals surface area contributed by atoms with E-state index in [4.69, 9.17) is 4.74 Å². The monoisotopic (exact) mass is 491 g/mol. The number of fused-ring (bicyclic) bond motifs is 2. The van der Waals surface area contributed by atoms with Gasteiger partial charge in [0.15, 0.2) is 11.6 Å². The van der Waals surface area contributed by atoms with Gasteiger partial charge >= 0.3 is 12.4 Å². The van der Waals surface area contributed by atoms with Crippen LogP contribution in [0, 0.1) is 0 Å². The van der Waals surface area contributed by atoms with Crippen LogP contribution in [0.1, 0.15) is 61.5 Å². The Bertz CT molecular complexity index is 1040. The van der Waals surface area contributed by atoms with Gasteiger partial charge < -0.3 is 10.1 Å². The highest BCUT2D eigenvalue weighted by atomic mass is 19.4. The summed E-state index contributed by atoms with van der Waals surface area (Å²) < 4.78 is 86.2. The highest BCUT2D eigenvalue weighted by Gasteiger charge is 2.52. The average molecular weight is 491 g/mol. The standard InChI is InChI=1S/C21H23F6N5O2/c1-11(33)9-32-18(29-30-31-32)15-8-19(2)17(4-3-16(15)28-19)34-10-12-5-13(20(22,23)24)7-14(6-12)21(25,26)27/h5-7,15-17,28H,3-4,8-10H2,1-2H3. The highest BCUT2D eigenvalue weighted by molar-refractivity contribution is 5.75. The maximum atomic E-state index is 13.1. The first kappa shape index (κ1) is 24.6. The lowest BCUT2D eigenvalue weighted by Gasteiger charge is -2.39. The molecule has 1 aromatic heterocycles. The first-order chi connectivity index (χ1) is 15.8. The summed E-state index contributed by atoms with van der Waals surface area (Å²) in [5, 5.41) is 15.1. The van der Waals surface area contributed by atoms with Gasteiger partial charge in [-0.2, -0.15) is 26.3 Å². The van der Waals surface area contributed by atoms with Crippen molar-refractivity contribution in [3.05, 3.63) is 40.7 Å². The minimum Gasteiger partial charge on any atom is -0.372 e. The molecule has 4 rings (SSSR count). The van der Waals surface area contributed by atoms with E-state index in [2.05, 4.69) is 20.8 Å². The number of ketones is 1. The van der Waals surface area contributed by atoms with Crippen LogP contribution in [0.5, 0.6) is 0 Å². The first-order valence-corrected chi connectivity index (χ1v) is 10.7. The van der Waals surface area contributed by atoms with Crippen LogP contribution in [0.4, 0.5) is 26.3 Å². The molecule has 7 nitrogen and oxygen atoms in total. The van der Waals surface area contributed by atoms with Crippen molar-refractivity contribution in [3.8, 4) is 0 Å². The molecule has 34 heavy (non-hydrogen) atoms. The number of carbonyl (C=O) groups excluding carboxylic acids is 1. The smallest absolute Gasteiger partial charge is 0.372 e. The molecule has 2 aliphatic rings. The summed E-state index contributed by atoms with van der Waals surface area (Å²) in [5.74, 6) is 0.345. The summed E-state index contributed by atoms with van der Waals surface area (Å²) in [6.07, 6.45) is -8.53. The molecule has 2 fully saturated rings. The number of halogens is 6. The predicted octanol–water partition coefficient (Wildman–Crippen LogP) is 3.88. The number of rotatable bonds is 6. The molecule has 2 aliphatic heterocycles. The van der Waals surface area contributed by atoms with E-state index in [0.717, 1.165) is 0 Å². The Labute approximate surface area is 190 Å². The molecule has 4 unspecified atom stereocenters. The molecule has 0 saturated carbocycles. The van der Waals surface area contributed by atoms with Crippen molar-refractivity contribution in [1.29, 1.82) is 0 Å². The number of ether oxygens (including phenoxy) is 1. The van der Waals surface area contributed by atoms with E-state index in [1.165, 1.54) is 11.6 Å². The third kappa shape index (κ3) is 4.95. The zero-order valence-electron chi connectivity index (χ0n) is 18.4. The first-order valence-electron chi connectivity index (χ1n) is 10.7. The number of tetrazole rings is 1. The van der Waals surface area contributed by atoms with Crippen LogP contribution in [0.2, 0.25) is 0 Å². The van der Waals surface area contributed by atoms with Crippen LogP contribution in [0.3, 0.4) is 0 Å². The van der Waals surface area contributed by atoms with Crippen LogP contribution in [0.15, 0.2) is 18.2 Å². The molecule has 2 bridgehead atoms. The van der Waals surface area contributed by atoms with Crippen LogP contribution in [-0.2, 0) is 35.0 Å². The number of nitrogens with zero attached hydrogens (tertiary/aromatic N) is 4. The van der Waals surface area contributed by atoms with Gasteiger partial charge in [-0.05, 0) is 67.3 Å². The fourth-order valence-corrected chi connectivity index (χ4v) is 4.97. The van der Waals surface area contributed by atoms with Crippen molar-refractivity contribution in [2.45, 2.75) is 82.2 Å². The summed E-state index contributed by atoms with van der Waals surface area (Å²) in [7, 11) is 0. The minimum absolute atomic E-state index is 0.00643. The van der Waals surface area contributed by atoms with Crippen molar-refractivity contribution in [3.63, 3.8) is 0 Å². The van der Waals surface area contributed by atoms with Crippen LogP contribution in [0.25, 0.3) is 0 Å². The van der Waals surface area contributed by atoms with E-state index in [-0.39, 0.29) is 35.9 Å². The van der Waals surface area contributed by atoms with Crippen molar-refractivity contribution >= 4 is 5.78 Å². The third-order valence-corrected chi connectivity index (χ3v) is 6.46. The molecule has 2 saturated heterocycles. The SMILES string of the molecule is CC(=O)Cn1nnnc1C1CC2(C)NC1CCC2OCc1cc(C(F)(F)F)cc(C(F)(F)F)c1. The Hall–Kier alpha value is -2.54. The van der Waals surface area contributed by atoms with E-state index >= 15 is 0 Å². The van der Waals surface area contributed by atoms with Gasteiger partial charge in [0.2, 0.25) is 0 Å². The number of piperidine rings is 1. The topological polar surface area (TPSA) is 81.9 Å². The fourth-order valence-electron chi connectivity index (χ4n) is 4.97. The zero-order valence-corrected chi connectivity index (χ0v) is 18.4. The van der Waals surface area contributed by atoms with Gasteiger partial charge in [0.1, 0.15) is 6.54 Å². The number of aromatic nitrogens is 4. The van der Waals surface area contributed by atoms with Crippen molar-refractivity contribution in [2.24, 2.45) is 0 Å². The minimum atomic E-state index is -4.91. The Kier molecular flexibility index (Phi) is 6.21. The number of alkyl halides is 6.